The lowest BCUT2D eigenvalue weighted by Crippen LogP contribution is -2.51. The number of nitrogen functional groups attached to an aromatic ring is 1. The largest absolute Gasteiger partial charge is 0.350 e. The minimum Gasteiger partial charge on any atom is -0.350 e. The second-order valence-electron chi connectivity index (χ2n) is 5.47. The van der Waals surface area contributed by atoms with Gasteiger partial charge in [-0.2, -0.15) is 0 Å². The summed E-state index contributed by atoms with van der Waals surface area (Å²) in [5.74, 6) is 5.33. The van der Waals surface area contributed by atoms with Gasteiger partial charge >= 0.3 is 0 Å². The summed E-state index contributed by atoms with van der Waals surface area (Å²) in [6.45, 7) is 5.25. The number of amides is 1. The van der Waals surface area contributed by atoms with Crippen LogP contribution in [0.4, 0.5) is 5.82 Å². The first kappa shape index (κ1) is 17.3. The van der Waals surface area contributed by atoms with Crippen molar-refractivity contribution in [3.05, 3.63) is 23.4 Å². The zero-order valence-corrected chi connectivity index (χ0v) is 13.3. The summed E-state index contributed by atoms with van der Waals surface area (Å²) in [5, 5.41) is 2.68. The predicted octanol–water partition coefficient (Wildman–Crippen LogP) is -0.267. The van der Waals surface area contributed by atoms with Gasteiger partial charge in [0.25, 0.3) is 5.91 Å². The lowest BCUT2D eigenvalue weighted by atomic mass is 10.1. The number of nitrogens with zero attached hydrogens (tertiary/aromatic N) is 1. The topological polar surface area (TPSA) is 126 Å². The first-order valence-electron chi connectivity index (χ1n) is 6.25. The molecule has 0 fully saturated rings. The highest BCUT2D eigenvalue weighted by Gasteiger charge is 2.23. The Balaban J connectivity index is 2.76. The molecule has 1 amide bonds. The van der Waals surface area contributed by atoms with E-state index in [2.05, 4.69) is 20.4 Å². The second kappa shape index (κ2) is 6.37. The minimum absolute atomic E-state index is 0.145. The summed E-state index contributed by atoms with van der Waals surface area (Å²) in [7, 11) is -3.35. The van der Waals surface area contributed by atoms with Crippen LogP contribution in [0.25, 0.3) is 0 Å². The minimum atomic E-state index is -3.35. The normalized spacial score (nSPS) is 12.0. The van der Waals surface area contributed by atoms with Gasteiger partial charge in [-0.25, -0.2) is 24.0 Å². The number of rotatable bonds is 6. The Hall–Kier alpha value is -1.71. The first-order chi connectivity index (χ1) is 9.52. The number of carbonyl (C=O) groups excluding carboxylic acids is 1. The highest BCUT2D eigenvalue weighted by atomic mass is 32.2. The fraction of sp³-hybridized carbons (Fsp3) is 0.500. The Labute approximate surface area is 124 Å². The predicted molar refractivity (Wildman–Crippen MR) is 81.2 cm³/mol. The third kappa shape index (κ3) is 6.06. The van der Waals surface area contributed by atoms with Crippen LogP contribution in [0, 0.1) is 6.92 Å². The number of aryl methyl sites for hydroxylation is 1. The van der Waals surface area contributed by atoms with Crippen molar-refractivity contribution in [3.8, 4) is 0 Å². The van der Waals surface area contributed by atoms with Crippen molar-refractivity contribution in [1.82, 2.24) is 15.0 Å². The molecule has 0 aromatic carbocycles. The fourth-order valence-electron chi connectivity index (χ4n) is 1.81. The maximum absolute atomic E-state index is 12.1. The molecular weight excluding hydrogens is 294 g/mol. The number of sulfonamides is 1. The van der Waals surface area contributed by atoms with Crippen LogP contribution >= 0.6 is 0 Å². The van der Waals surface area contributed by atoms with Crippen molar-refractivity contribution in [1.29, 1.82) is 0 Å². The maximum atomic E-state index is 12.1. The molecule has 1 rings (SSSR count). The second-order valence-corrected chi connectivity index (χ2v) is 7.22. The number of pyridine rings is 1. The molecule has 0 saturated heterocycles. The van der Waals surface area contributed by atoms with Crippen molar-refractivity contribution < 1.29 is 13.2 Å². The van der Waals surface area contributed by atoms with Crippen LogP contribution in [-0.4, -0.2) is 37.6 Å². The van der Waals surface area contributed by atoms with Crippen molar-refractivity contribution in [2.75, 3.05) is 18.2 Å². The molecule has 0 atom stereocenters. The molecule has 1 heterocycles. The summed E-state index contributed by atoms with van der Waals surface area (Å²) in [6.07, 6.45) is 1.07. The first-order valence-corrected chi connectivity index (χ1v) is 8.14. The van der Waals surface area contributed by atoms with E-state index in [-0.39, 0.29) is 12.5 Å². The average molecular weight is 315 g/mol. The monoisotopic (exact) mass is 315 g/mol. The van der Waals surface area contributed by atoms with Crippen LogP contribution in [0.1, 0.15) is 29.9 Å². The number of hydrogen-bond acceptors (Lipinski definition) is 6. The zero-order chi connectivity index (χ0) is 16.3. The molecule has 8 nitrogen and oxygen atoms in total. The van der Waals surface area contributed by atoms with E-state index in [1.807, 2.05) is 0 Å². The molecule has 1 aromatic rings. The van der Waals surface area contributed by atoms with Gasteiger partial charge in [0.05, 0.1) is 6.26 Å². The van der Waals surface area contributed by atoms with Crippen molar-refractivity contribution in [2.45, 2.75) is 26.3 Å². The smallest absolute Gasteiger partial charge is 0.251 e. The Kier molecular flexibility index (Phi) is 5.26. The Morgan fingerprint density at radius 2 is 2.00 bits per heavy atom. The van der Waals surface area contributed by atoms with Crippen molar-refractivity contribution in [2.24, 2.45) is 5.84 Å². The van der Waals surface area contributed by atoms with Crippen LogP contribution in [0.2, 0.25) is 0 Å². The van der Waals surface area contributed by atoms with E-state index in [4.69, 9.17) is 5.84 Å². The Morgan fingerprint density at radius 1 is 1.38 bits per heavy atom. The van der Waals surface area contributed by atoms with E-state index >= 15 is 0 Å². The number of nitrogens with two attached hydrogens (primary N) is 1. The van der Waals surface area contributed by atoms with Gasteiger partial charge in [-0.15, -0.1) is 0 Å². The quantitative estimate of drug-likeness (QED) is 0.423. The van der Waals surface area contributed by atoms with E-state index in [9.17, 15) is 13.2 Å². The van der Waals surface area contributed by atoms with Crippen LogP contribution < -0.4 is 21.3 Å². The molecule has 118 valence electrons. The highest BCUT2D eigenvalue weighted by Crippen LogP contribution is 2.10. The van der Waals surface area contributed by atoms with Crippen LogP contribution in [0.15, 0.2) is 12.1 Å². The van der Waals surface area contributed by atoms with Gasteiger partial charge in [-0.05, 0) is 32.9 Å². The van der Waals surface area contributed by atoms with Gasteiger partial charge in [0, 0.05) is 23.3 Å². The lowest BCUT2D eigenvalue weighted by molar-refractivity contribution is 0.0944. The number of hydrazine groups is 1. The molecule has 0 radical (unpaired) electrons. The van der Waals surface area contributed by atoms with E-state index in [1.165, 1.54) is 6.07 Å². The SMILES string of the molecule is Cc1cc(C(=O)NCC(C)(C)NS(C)(=O)=O)cc(NN)n1. The third-order valence-electron chi connectivity index (χ3n) is 2.52. The molecule has 0 saturated carbocycles. The summed E-state index contributed by atoms with van der Waals surface area (Å²) < 4.78 is 24.9. The molecule has 5 N–H and O–H groups in total. The van der Waals surface area contributed by atoms with Gasteiger partial charge in [0.1, 0.15) is 5.82 Å². The maximum Gasteiger partial charge on any atom is 0.251 e. The Bertz CT molecular complexity index is 628. The van der Waals surface area contributed by atoms with E-state index < -0.39 is 15.6 Å². The fourth-order valence-corrected chi connectivity index (χ4v) is 2.89. The summed E-state index contributed by atoms with van der Waals surface area (Å²) in [5.41, 5.74) is 2.63. The van der Waals surface area contributed by atoms with E-state index in [0.717, 1.165) is 6.26 Å². The molecule has 9 heteroatoms. The van der Waals surface area contributed by atoms with Crippen molar-refractivity contribution in [3.63, 3.8) is 0 Å². The van der Waals surface area contributed by atoms with Gasteiger partial charge in [-0.3, -0.25) is 4.79 Å². The van der Waals surface area contributed by atoms with Crippen LogP contribution in [0.3, 0.4) is 0 Å². The number of carbonyl (C=O) groups is 1. The van der Waals surface area contributed by atoms with Gasteiger partial charge in [0.15, 0.2) is 0 Å². The molecule has 0 bridgehead atoms. The molecule has 0 aliphatic heterocycles. The molecule has 21 heavy (non-hydrogen) atoms. The van der Waals surface area contributed by atoms with E-state index in [1.54, 1.807) is 26.8 Å². The molecule has 0 aliphatic rings. The van der Waals surface area contributed by atoms with Crippen LogP contribution in [-0.2, 0) is 10.0 Å². The van der Waals surface area contributed by atoms with Crippen LogP contribution in [0.5, 0.6) is 0 Å². The molecular formula is C12H21N5O3S. The van der Waals surface area contributed by atoms with Crippen molar-refractivity contribution >= 4 is 21.7 Å². The molecule has 0 unspecified atom stereocenters. The molecule has 1 aromatic heterocycles. The number of hydrogen-bond donors (Lipinski definition) is 4. The number of aromatic nitrogens is 1. The van der Waals surface area contributed by atoms with Gasteiger partial charge in [0.2, 0.25) is 10.0 Å². The summed E-state index contributed by atoms with van der Waals surface area (Å²) >= 11 is 0. The molecule has 0 aliphatic carbocycles. The third-order valence-corrected chi connectivity index (χ3v) is 3.44. The van der Waals surface area contributed by atoms with Gasteiger partial charge < -0.3 is 10.7 Å². The number of nitrogens with one attached hydrogen (secondary N) is 3. The zero-order valence-electron chi connectivity index (χ0n) is 12.5. The summed E-state index contributed by atoms with van der Waals surface area (Å²) in [6, 6.07) is 3.13. The highest BCUT2D eigenvalue weighted by molar-refractivity contribution is 7.88. The standard InChI is InChI=1S/C12H21N5O3S/c1-8-5-9(6-10(15-8)16-13)11(18)14-7-12(2,3)17-21(4,19)20/h5-6,17H,7,13H2,1-4H3,(H,14,18)(H,15,16). The Morgan fingerprint density at radius 3 is 2.52 bits per heavy atom. The number of anilines is 1. The average Bonchev–Trinajstić information content (AvgIpc) is 2.32. The van der Waals surface area contributed by atoms with E-state index in [0.29, 0.717) is 17.1 Å². The molecule has 0 spiro atoms. The van der Waals surface area contributed by atoms with Gasteiger partial charge in [-0.1, -0.05) is 0 Å². The summed E-state index contributed by atoms with van der Waals surface area (Å²) in [4.78, 5) is 16.2. The lowest BCUT2D eigenvalue weighted by Gasteiger charge is -2.25.